The molecule has 526 valence electrons. The summed E-state index contributed by atoms with van der Waals surface area (Å²) in [6.45, 7) is 3.82. The molecule has 0 aromatic heterocycles. The Morgan fingerprint density at radius 2 is 0.640 bits per heavy atom. The maximum atomic E-state index is 13.2. The van der Waals surface area contributed by atoms with Crippen LogP contribution in [0.15, 0.2) is 36.5 Å². The molecule has 0 aromatic rings. The fraction of sp³-hybridized carbons (Fsp3) is 0.912. The molecule has 7 atom stereocenters. The number of carbonyl (C=O) groups is 1. The number of ether oxygens (including phenoxy) is 2. The molecule has 9 heteroatoms. The minimum absolute atomic E-state index is 0.182. The first-order chi connectivity index (χ1) is 43.8. The molecule has 1 heterocycles. The molecule has 0 radical (unpaired) electrons. The van der Waals surface area contributed by atoms with Gasteiger partial charge in [0.25, 0.3) is 0 Å². The van der Waals surface area contributed by atoms with Gasteiger partial charge in [-0.2, -0.15) is 0 Å². The van der Waals surface area contributed by atoms with Crippen LogP contribution in [-0.2, 0) is 14.3 Å². The van der Waals surface area contributed by atoms with Gasteiger partial charge in [-0.1, -0.05) is 397 Å². The van der Waals surface area contributed by atoms with Crippen LogP contribution in [0.4, 0.5) is 0 Å². The summed E-state index contributed by atoms with van der Waals surface area (Å²) in [5.41, 5.74) is 0. The molecule has 1 saturated heterocycles. The Morgan fingerprint density at radius 1 is 0.371 bits per heavy atom. The van der Waals surface area contributed by atoms with Gasteiger partial charge in [-0.15, -0.1) is 0 Å². The largest absolute Gasteiger partial charge is 0.394 e. The van der Waals surface area contributed by atoms with E-state index in [9.17, 15) is 30.3 Å². The normalized spacial score (nSPS) is 17.9. The van der Waals surface area contributed by atoms with Crippen molar-refractivity contribution in [3.05, 3.63) is 36.5 Å². The number of aliphatic hydroxyl groups is 5. The number of unbranched alkanes of at least 4 members (excludes halogenated alkanes) is 57. The number of rotatable bonds is 71. The van der Waals surface area contributed by atoms with Crippen molar-refractivity contribution >= 4 is 5.91 Å². The monoisotopic (exact) mass is 1260 g/mol. The number of amides is 1. The lowest BCUT2D eigenvalue weighted by atomic mass is 9.99. The van der Waals surface area contributed by atoms with Crippen molar-refractivity contribution < 1.29 is 39.8 Å². The van der Waals surface area contributed by atoms with Gasteiger partial charge in [0, 0.05) is 6.42 Å². The van der Waals surface area contributed by atoms with Crippen LogP contribution < -0.4 is 5.32 Å². The zero-order chi connectivity index (χ0) is 64.2. The fourth-order valence-corrected chi connectivity index (χ4v) is 13.0. The predicted octanol–water partition coefficient (Wildman–Crippen LogP) is 22.5. The van der Waals surface area contributed by atoms with E-state index in [0.717, 1.165) is 44.9 Å². The third-order valence-electron chi connectivity index (χ3n) is 19.2. The highest BCUT2D eigenvalue weighted by atomic mass is 16.7. The van der Waals surface area contributed by atoms with Crippen LogP contribution in [0.25, 0.3) is 0 Å². The van der Waals surface area contributed by atoms with Gasteiger partial charge in [-0.05, 0) is 44.9 Å². The first kappa shape index (κ1) is 85.4. The number of allylic oxidation sites excluding steroid dienone is 5. The molecule has 1 aliphatic heterocycles. The second-order valence-corrected chi connectivity index (χ2v) is 27.9. The molecule has 1 fully saturated rings. The summed E-state index contributed by atoms with van der Waals surface area (Å²) in [6, 6.07) is -0.828. The number of hydrogen-bond donors (Lipinski definition) is 6. The van der Waals surface area contributed by atoms with Crippen molar-refractivity contribution in [1.82, 2.24) is 5.32 Å². The van der Waals surface area contributed by atoms with Crippen LogP contribution in [0.2, 0.25) is 0 Å². The third-order valence-corrected chi connectivity index (χ3v) is 19.2. The Bertz CT molecular complexity index is 1500. The maximum Gasteiger partial charge on any atom is 0.220 e. The van der Waals surface area contributed by atoms with E-state index in [1.807, 2.05) is 6.08 Å². The molecule has 0 spiro atoms. The Balaban J connectivity index is 2.06. The van der Waals surface area contributed by atoms with Gasteiger partial charge >= 0.3 is 0 Å². The second-order valence-electron chi connectivity index (χ2n) is 27.9. The third kappa shape index (κ3) is 57.6. The lowest BCUT2D eigenvalue weighted by Gasteiger charge is -2.40. The second kappa shape index (κ2) is 69.2. The van der Waals surface area contributed by atoms with Crippen LogP contribution in [0.1, 0.15) is 412 Å². The Hall–Kier alpha value is -1.59. The van der Waals surface area contributed by atoms with Gasteiger partial charge < -0.3 is 40.3 Å². The van der Waals surface area contributed by atoms with Crippen LogP contribution in [-0.4, -0.2) is 87.5 Å². The zero-order valence-corrected chi connectivity index (χ0v) is 59.2. The molecule has 9 nitrogen and oxygen atoms in total. The molecule has 0 aliphatic carbocycles. The quantitative estimate of drug-likeness (QED) is 0.0261. The Kier molecular flexibility index (Phi) is 66.5. The van der Waals surface area contributed by atoms with Gasteiger partial charge in [0.2, 0.25) is 5.91 Å². The summed E-state index contributed by atoms with van der Waals surface area (Å²) in [6.07, 6.45) is 87.4. The van der Waals surface area contributed by atoms with E-state index in [1.54, 1.807) is 6.08 Å². The topological polar surface area (TPSA) is 149 Å². The van der Waals surface area contributed by atoms with E-state index < -0.39 is 49.5 Å². The van der Waals surface area contributed by atoms with Gasteiger partial charge in [0.1, 0.15) is 24.4 Å². The van der Waals surface area contributed by atoms with Crippen LogP contribution in [0, 0.1) is 0 Å². The highest BCUT2D eigenvalue weighted by Gasteiger charge is 2.44. The molecule has 0 saturated carbocycles. The Labute approximate surface area is 552 Å². The lowest BCUT2D eigenvalue weighted by Crippen LogP contribution is -2.60. The van der Waals surface area contributed by atoms with Crippen LogP contribution in [0.3, 0.4) is 0 Å². The molecule has 1 rings (SSSR count). The highest BCUT2D eigenvalue weighted by molar-refractivity contribution is 5.76. The van der Waals surface area contributed by atoms with Gasteiger partial charge in [-0.25, -0.2) is 0 Å². The smallest absolute Gasteiger partial charge is 0.220 e. The summed E-state index contributed by atoms with van der Waals surface area (Å²) < 4.78 is 11.3. The molecule has 6 N–H and O–H groups in total. The summed E-state index contributed by atoms with van der Waals surface area (Å²) in [5, 5.41) is 54.8. The van der Waals surface area contributed by atoms with Crippen molar-refractivity contribution in [1.29, 1.82) is 0 Å². The average molecular weight is 1260 g/mol. The fourth-order valence-electron chi connectivity index (χ4n) is 13.0. The van der Waals surface area contributed by atoms with E-state index in [-0.39, 0.29) is 12.5 Å². The van der Waals surface area contributed by atoms with Crippen LogP contribution in [0.5, 0.6) is 0 Å². The first-order valence-corrected chi connectivity index (χ1v) is 39.7. The molecule has 1 amide bonds. The van der Waals surface area contributed by atoms with E-state index in [4.69, 9.17) is 9.47 Å². The molecular formula is C80H153NO8. The SMILES string of the molecule is CCCCCCCCCCCCCCCCCC/C=C/CC/C=C/CC/C=C/C(O)C(COC1OC(CO)C(O)C(O)C1O)NC(=O)CCCCCCCCCCCCCCCCCCCCCCCCCCCCCCCCCCCCCCCCCC. The van der Waals surface area contributed by atoms with Gasteiger partial charge in [0.05, 0.1) is 25.4 Å². The van der Waals surface area contributed by atoms with Gasteiger partial charge in [0.15, 0.2) is 6.29 Å². The summed E-state index contributed by atoms with van der Waals surface area (Å²) >= 11 is 0. The van der Waals surface area contributed by atoms with E-state index in [2.05, 4.69) is 43.5 Å². The van der Waals surface area contributed by atoms with Crippen molar-refractivity contribution in [3.8, 4) is 0 Å². The number of carbonyl (C=O) groups excluding carboxylic acids is 1. The predicted molar refractivity (Wildman–Crippen MR) is 383 cm³/mol. The molecule has 89 heavy (non-hydrogen) atoms. The number of nitrogens with one attached hydrogen (secondary N) is 1. The molecule has 7 unspecified atom stereocenters. The standard InChI is InChI=1S/C80H153NO8/c1-3-5-7-9-11-13-15-17-19-21-23-25-27-29-31-32-33-34-35-36-37-38-39-40-41-42-43-44-46-48-50-52-54-56-58-60-62-64-66-68-70-76(84)81-73(72-88-80-79(87)78(86)77(85)75(71-82)89-80)74(83)69-67-65-63-61-59-57-55-53-51-49-47-45-30-28-26-24-22-20-18-16-14-12-10-8-6-4-2/h51,53,59,61,67,69,73-75,77-80,82-83,85-87H,3-50,52,54-58,60,62-66,68,70-72H2,1-2H3,(H,81,84)/b53-51+,61-59+,69-67+. The van der Waals surface area contributed by atoms with Crippen molar-refractivity contribution in [3.63, 3.8) is 0 Å². The molecule has 0 bridgehead atoms. The number of hydrogen-bond acceptors (Lipinski definition) is 8. The lowest BCUT2D eigenvalue weighted by molar-refractivity contribution is -0.302. The van der Waals surface area contributed by atoms with Crippen molar-refractivity contribution in [2.75, 3.05) is 13.2 Å². The average Bonchev–Trinajstić information content (AvgIpc) is 2.19. The van der Waals surface area contributed by atoms with E-state index >= 15 is 0 Å². The first-order valence-electron chi connectivity index (χ1n) is 39.7. The van der Waals surface area contributed by atoms with Crippen molar-refractivity contribution in [2.24, 2.45) is 0 Å². The van der Waals surface area contributed by atoms with E-state index in [1.165, 1.54) is 347 Å². The number of aliphatic hydroxyl groups excluding tert-OH is 5. The molecule has 0 aromatic carbocycles. The summed E-state index contributed by atoms with van der Waals surface area (Å²) in [7, 11) is 0. The zero-order valence-electron chi connectivity index (χ0n) is 59.2. The molecular weight excluding hydrogens is 1100 g/mol. The summed E-state index contributed by atoms with van der Waals surface area (Å²) in [5.74, 6) is -0.182. The van der Waals surface area contributed by atoms with Crippen molar-refractivity contribution in [2.45, 2.75) is 455 Å². The maximum absolute atomic E-state index is 13.2. The Morgan fingerprint density at radius 3 is 0.944 bits per heavy atom. The van der Waals surface area contributed by atoms with E-state index in [0.29, 0.717) is 6.42 Å². The molecule has 1 aliphatic rings. The minimum atomic E-state index is -1.58. The van der Waals surface area contributed by atoms with Crippen LogP contribution >= 0.6 is 0 Å². The van der Waals surface area contributed by atoms with Gasteiger partial charge in [-0.3, -0.25) is 4.79 Å². The highest BCUT2D eigenvalue weighted by Crippen LogP contribution is 2.24. The summed E-state index contributed by atoms with van der Waals surface area (Å²) in [4.78, 5) is 13.2. The minimum Gasteiger partial charge on any atom is -0.394 e.